The Morgan fingerprint density at radius 1 is 1.00 bits per heavy atom. The van der Waals surface area contributed by atoms with E-state index in [9.17, 15) is 0 Å². The van der Waals surface area contributed by atoms with Gasteiger partial charge in [-0.05, 0) is 42.8 Å². The quantitative estimate of drug-likeness (QED) is 0.291. The highest BCUT2D eigenvalue weighted by molar-refractivity contribution is 6.31. The maximum absolute atomic E-state index is 6.72. The minimum Gasteiger partial charge on any atom is -0.454 e. The van der Waals surface area contributed by atoms with Crippen LogP contribution in [0.3, 0.4) is 0 Å². The number of ether oxygens (including phenoxy) is 1. The second kappa shape index (κ2) is 9.05. The number of nitrogens with zero attached hydrogens (tertiary/aromatic N) is 5. The normalized spacial score (nSPS) is 11.0. The number of nitrogens with one attached hydrogen (secondary N) is 1. The number of benzene rings is 2. The molecule has 1 N–H and O–H groups in total. The van der Waals surface area contributed by atoms with Gasteiger partial charge in [-0.25, -0.2) is 4.98 Å². The third-order valence-electron chi connectivity index (χ3n) is 5.00. The molecule has 0 unspecified atom stereocenters. The van der Waals surface area contributed by atoms with Gasteiger partial charge >= 0.3 is 0 Å². The number of rotatable bonds is 6. The van der Waals surface area contributed by atoms with E-state index in [1.807, 2.05) is 31.2 Å². The lowest BCUT2D eigenvalue weighted by Crippen LogP contribution is -2.03. The molecule has 0 bridgehead atoms. The molecule has 2 aromatic carbocycles. The molecule has 0 saturated heterocycles. The number of hydrogen-bond acceptors (Lipinski definition) is 6. The van der Waals surface area contributed by atoms with Crippen molar-refractivity contribution in [3.8, 4) is 11.5 Å². The van der Waals surface area contributed by atoms with Crippen molar-refractivity contribution in [1.82, 2.24) is 24.6 Å². The predicted octanol–water partition coefficient (Wildman–Crippen LogP) is 6.26. The monoisotopic (exact) mass is 476 g/mol. The molecule has 3 aromatic heterocycles. The molecule has 7 nitrogen and oxygen atoms in total. The minimum absolute atomic E-state index is 0.318. The first-order chi connectivity index (χ1) is 16.1. The Balaban J connectivity index is 1.48. The molecule has 0 aliphatic rings. The molecule has 0 fully saturated rings. The van der Waals surface area contributed by atoms with Crippen molar-refractivity contribution < 1.29 is 4.74 Å². The van der Waals surface area contributed by atoms with Crippen LogP contribution in [0.1, 0.15) is 16.8 Å². The first kappa shape index (κ1) is 21.2. The van der Waals surface area contributed by atoms with E-state index in [0.29, 0.717) is 45.5 Å². The largest absolute Gasteiger partial charge is 0.454 e. The number of hydrogen-bond donors (Lipinski definition) is 1. The van der Waals surface area contributed by atoms with Crippen LogP contribution in [0.25, 0.3) is 5.78 Å². The second-order valence-electron chi connectivity index (χ2n) is 7.33. The SMILES string of the molecule is Cc1nc2nc(Nc3cc(Cl)ccc3Oc3cccnc3)nn2c(Cl)c1Cc1ccccc1. The molecule has 0 saturated carbocycles. The molecule has 0 spiro atoms. The van der Waals surface area contributed by atoms with Gasteiger partial charge < -0.3 is 10.1 Å². The Morgan fingerprint density at radius 3 is 2.64 bits per heavy atom. The third kappa shape index (κ3) is 4.60. The van der Waals surface area contributed by atoms with Crippen LogP contribution in [0.5, 0.6) is 11.5 Å². The van der Waals surface area contributed by atoms with Crippen LogP contribution >= 0.6 is 23.2 Å². The lowest BCUT2D eigenvalue weighted by atomic mass is 10.1. The molecule has 3 heterocycles. The summed E-state index contributed by atoms with van der Waals surface area (Å²) in [6, 6.07) is 18.9. The third-order valence-corrected chi connectivity index (χ3v) is 5.63. The highest BCUT2D eigenvalue weighted by Gasteiger charge is 2.17. The highest BCUT2D eigenvalue weighted by Crippen LogP contribution is 2.33. The Morgan fingerprint density at radius 2 is 1.85 bits per heavy atom. The van der Waals surface area contributed by atoms with Crippen molar-refractivity contribution in [3.05, 3.63) is 100 Å². The van der Waals surface area contributed by atoms with Crippen molar-refractivity contribution in [2.45, 2.75) is 13.3 Å². The lowest BCUT2D eigenvalue weighted by Gasteiger charge is -2.11. The molecule has 0 aliphatic carbocycles. The van der Waals surface area contributed by atoms with Crippen LogP contribution < -0.4 is 10.1 Å². The zero-order valence-electron chi connectivity index (χ0n) is 17.5. The van der Waals surface area contributed by atoms with Crippen LogP contribution in [0.2, 0.25) is 10.2 Å². The zero-order chi connectivity index (χ0) is 22.8. The van der Waals surface area contributed by atoms with Crippen LogP contribution in [0.15, 0.2) is 73.1 Å². The fourth-order valence-electron chi connectivity index (χ4n) is 3.40. The zero-order valence-corrected chi connectivity index (χ0v) is 19.0. The van der Waals surface area contributed by atoms with Crippen molar-refractivity contribution in [3.63, 3.8) is 0 Å². The molecule has 0 atom stereocenters. The number of aromatic nitrogens is 5. The first-order valence-corrected chi connectivity index (χ1v) is 10.9. The van der Waals surface area contributed by atoms with Gasteiger partial charge in [0.05, 0.1) is 11.9 Å². The van der Waals surface area contributed by atoms with Crippen molar-refractivity contribution >= 4 is 40.6 Å². The maximum atomic E-state index is 6.72. The standard InChI is InChI=1S/C24H18Cl2N6O/c1-15-19(12-16-6-3-2-4-7-16)22(26)32-24(28-15)30-23(31-32)29-20-13-17(25)9-10-21(20)33-18-8-5-11-27-14-18/h2-11,13-14H,12H2,1H3,(H,29,31). The minimum atomic E-state index is 0.318. The first-order valence-electron chi connectivity index (χ1n) is 10.2. The summed E-state index contributed by atoms with van der Waals surface area (Å²) in [5.74, 6) is 1.86. The van der Waals surface area contributed by atoms with Crippen LogP contribution in [-0.4, -0.2) is 24.6 Å². The Hall–Kier alpha value is -3.68. The average molecular weight is 477 g/mol. The molecular formula is C24H18Cl2N6O. The average Bonchev–Trinajstić information content (AvgIpc) is 3.22. The number of fused-ring (bicyclic) bond motifs is 1. The van der Waals surface area contributed by atoms with Gasteiger partial charge in [0.15, 0.2) is 5.75 Å². The van der Waals surface area contributed by atoms with Gasteiger partial charge in [0.1, 0.15) is 10.9 Å². The van der Waals surface area contributed by atoms with Crippen molar-refractivity contribution in [2.75, 3.05) is 5.32 Å². The Labute approximate surface area is 200 Å². The van der Waals surface area contributed by atoms with Crippen molar-refractivity contribution in [2.24, 2.45) is 0 Å². The topological polar surface area (TPSA) is 77.2 Å². The van der Waals surface area contributed by atoms with Gasteiger partial charge in [-0.3, -0.25) is 4.98 Å². The van der Waals surface area contributed by atoms with E-state index in [0.717, 1.165) is 16.8 Å². The summed E-state index contributed by atoms with van der Waals surface area (Å²) in [5.41, 5.74) is 3.44. The molecule has 164 valence electrons. The maximum Gasteiger partial charge on any atom is 0.255 e. The van der Waals surface area contributed by atoms with Gasteiger partial charge in [0.25, 0.3) is 5.78 Å². The smallest absolute Gasteiger partial charge is 0.255 e. The highest BCUT2D eigenvalue weighted by atomic mass is 35.5. The Bertz CT molecular complexity index is 1420. The van der Waals surface area contributed by atoms with Gasteiger partial charge in [-0.1, -0.05) is 53.5 Å². The van der Waals surface area contributed by atoms with Crippen LogP contribution in [0.4, 0.5) is 11.6 Å². The molecule has 0 amide bonds. The van der Waals surface area contributed by atoms with E-state index in [2.05, 4.69) is 37.5 Å². The molecule has 0 radical (unpaired) electrons. The molecule has 9 heteroatoms. The molecule has 33 heavy (non-hydrogen) atoms. The van der Waals surface area contributed by atoms with Crippen LogP contribution in [-0.2, 0) is 6.42 Å². The summed E-state index contributed by atoms with van der Waals surface area (Å²) in [5, 5.41) is 8.70. The summed E-state index contributed by atoms with van der Waals surface area (Å²) >= 11 is 12.9. The summed E-state index contributed by atoms with van der Waals surface area (Å²) in [7, 11) is 0. The van der Waals surface area contributed by atoms with Gasteiger partial charge in [-0.15, -0.1) is 5.10 Å². The van der Waals surface area contributed by atoms with Gasteiger partial charge in [0.2, 0.25) is 5.95 Å². The number of anilines is 2. The number of halogens is 2. The molecule has 5 aromatic rings. The number of pyridine rings is 1. The van der Waals surface area contributed by atoms with Gasteiger partial charge in [0, 0.05) is 28.9 Å². The molecular weight excluding hydrogens is 459 g/mol. The fourth-order valence-corrected chi connectivity index (χ4v) is 3.89. The predicted molar refractivity (Wildman–Crippen MR) is 129 cm³/mol. The van der Waals surface area contributed by atoms with E-state index >= 15 is 0 Å². The lowest BCUT2D eigenvalue weighted by molar-refractivity contribution is 0.482. The second-order valence-corrected chi connectivity index (χ2v) is 8.13. The van der Waals surface area contributed by atoms with E-state index in [-0.39, 0.29) is 0 Å². The molecule has 0 aliphatic heterocycles. The molecule has 5 rings (SSSR count). The summed E-state index contributed by atoms with van der Waals surface area (Å²) in [6.45, 7) is 1.92. The van der Waals surface area contributed by atoms with Crippen molar-refractivity contribution in [1.29, 1.82) is 0 Å². The summed E-state index contributed by atoms with van der Waals surface area (Å²) in [4.78, 5) is 13.2. The fraction of sp³-hybridized carbons (Fsp3) is 0.0833. The Kier molecular flexibility index (Phi) is 5.81. The van der Waals surface area contributed by atoms with E-state index in [1.165, 1.54) is 4.52 Å². The summed E-state index contributed by atoms with van der Waals surface area (Å²) in [6.07, 6.45) is 3.95. The number of aryl methyl sites for hydroxylation is 1. The van der Waals surface area contributed by atoms with Gasteiger partial charge in [-0.2, -0.15) is 9.50 Å². The summed E-state index contributed by atoms with van der Waals surface area (Å²) < 4.78 is 7.48. The van der Waals surface area contributed by atoms with E-state index < -0.39 is 0 Å². The van der Waals surface area contributed by atoms with Crippen LogP contribution in [0, 0.1) is 6.92 Å². The van der Waals surface area contributed by atoms with E-state index in [4.69, 9.17) is 27.9 Å². The van der Waals surface area contributed by atoms with E-state index in [1.54, 1.807) is 36.7 Å².